The van der Waals surface area contributed by atoms with E-state index in [-0.39, 0.29) is 0 Å². The topological polar surface area (TPSA) is 49.1 Å². The van der Waals surface area contributed by atoms with E-state index in [4.69, 9.17) is 17.0 Å². The minimum Gasteiger partial charge on any atom is -0.464 e. The molecule has 12 heavy (non-hydrogen) atoms. The van der Waals surface area contributed by atoms with Crippen LogP contribution in [0.1, 0.15) is 6.92 Å². The van der Waals surface area contributed by atoms with Crippen molar-refractivity contribution in [1.29, 1.82) is 0 Å². The van der Waals surface area contributed by atoms with Gasteiger partial charge in [-0.15, -0.1) is 5.10 Å². The quantitative estimate of drug-likeness (QED) is 0.507. The van der Waals surface area contributed by atoms with Crippen LogP contribution in [-0.2, 0) is 11.8 Å². The molecule has 0 radical (unpaired) electrons. The van der Waals surface area contributed by atoms with Crippen LogP contribution in [0.25, 0.3) is 0 Å². The third-order valence-corrected chi connectivity index (χ3v) is 1.80. The smallest absolute Gasteiger partial charge is 0.316 e. The summed E-state index contributed by atoms with van der Waals surface area (Å²) in [4.78, 5) is 10.4. The molecule has 0 bridgehead atoms. The Balaban J connectivity index is 3.15. The summed E-state index contributed by atoms with van der Waals surface area (Å²) in [6.07, 6.45) is 0.546. The highest BCUT2D eigenvalue weighted by molar-refractivity contribution is 7.71. The number of hydrogen-bond donors (Lipinski definition) is 0. The van der Waals surface area contributed by atoms with E-state index in [0.29, 0.717) is 23.8 Å². The zero-order chi connectivity index (χ0) is 9.14. The minimum atomic E-state index is 0.327. The molecule has 0 aliphatic heterocycles. The molecule has 0 fully saturated rings. The lowest BCUT2D eigenvalue weighted by atomic mass is 10.9. The minimum absolute atomic E-state index is 0.327. The molecular formula is C6H9N3O2S. The number of nitrogens with zero attached hydrogens (tertiary/aromatic N) is 3. The molecule has 1 rings (SSSR count). The predicted molar refractivity (Wildman–Crippen MR) is 45.3 cm³/mol. The van der Waals surface area contributed by atoms with E-state index >= 15 is 0 Å². The fourth-order valence-corrected chi connectivity index (χ4v) is 0.923. The van der Waals surface area contributed by atoms with E-state index in [1.54, 1.807) is 7.05 Å². The second kappa shape index (κ2) is 3.48. The monoisotopic (exact) mass is 187 g/mol. The molecular weight excluding hydrogens is 178 g/mol. The summed E-state index contributed by atoms with van der Waals surface area (Å²) < 4.78 is 8.02. The predicted octanol–water partition coefficient (Wildman–Crippen LogP) is 0.388. The molecule has 1 aromatic heterocycles. The molecule has 1 aromatic rings. The Morgan fingerprint density at radius 2 is 2.42 bits per heavy atom. The van der Waals surface area contributed by atoms with Crippen LogP contribution in [0.4, 0.5) is 0 Å². The highest BCUT2D eigenvalue weighted by Gasteiger charge is 2.05. The van der Waals surface area contributed by atoms with Crippen LogP contribution in [0.5, 0.6) is 6.01 Å². The van der Waals surface area contributed by atoms with Gasteiger partial charge in [-0.3, -0.25) is 9.36 Å². The van der Waals surface area contributed by atoms with E-state index in [1.807, 2.05) is 6.92 Å². The molecule has 0 aliphatic carbocycles. The zero-order valence-electron chi connectivity index (χ0n) is 6.85. The fraction of sp³-hybridized carbons (Fsp3) is 0.500. The maximum atomic E-state index is 10.4. The van der Waals surface area contributed by atoms with Crippen molar-refractivity contribution in [2.24, 2.45) is 7.05 Å². The summed E-state index contributed by atoms with van der Waals surface area (Å²) in [7, 11) is 1.69. The van der Waals surface area contributed by atoms with Crippen molar-refractivity contribution >= 4 is 18.6 Å². The lowest BCUT2D eigenvalue weighted by Crippen LogP contribution is -1.98. The number of carbonyl (C=O) groups is 1. The molecule has 0 saturated carbocycles. The third kappa shape index (κ3) is 1.38. The van der Waals surface area contributed by atoms with Gasteiger partial charge in [-0.2, -0.15) is 4.68 Å². The van der Waals surface area contributed by atoms with E-state index in [0.717, 1.165) is 4.68 Å². The Morgan fingerprint density at radius 3 is 2.83 bits per heavy atom. The van der Waals surface area contributed by atoms with Gasteiger partial charge in [-0.25, -0.2) is 0 Å². The molecule has 0 spiro atoms. The highest BCUT2D eigenvalue weighted by Crippen LogP contribution is 2.05. The van der Waals surface area contributed by atoms with E-state index < -0.39 is 0 Å². The van der Waals surface area contributed by atoms with Crippen LogP contribution in [0.3, 0.4) is 0 Å². The highest BCUT2D eigenvalue weighted by atomic mass is 32.1. The fourth-order valence-electron chi connectivity index (χ4n) is 0.761. The van der Waals surface area contributed by atoms with Crippen LogP contribution < -0.4 is 4.74 Å². The van der Waals surface area contributed by atoms with E-state index in [2.05, 4.69) is 5.10 Å². The Morgan fingerprint density at radius 1 is 1.75 bits per heavy atom. The number of aromatic nitrogens is 3. The zero-order valence-corrected chi connectivity index (χ0v) is 7.67. The molecule has 6 heteroatoms. The molecule has 0 aromatic carbocycles. The molecule has 0 unspecified atom stereocenters. The van der Waals surface area contributed by atoms with Crippen molar-refractivity contribution in [1.82, 2.24) is 14.3 Å². The first-order valence-electron chi connectivity index (χ1n) is 3.44. The van der Waals surface area contributed by atoms with Gasteiger partial charge < -0.3 is 4.74 Å². The van der Waals surface area contributed by atoms with Crippen LogP contribution in [0.2, 0.25) is 0 Å². The first-order valence-corrected chi connectivity index (χ1v) is 3.85. The second-order valence-electron chi connectivity index (χ2n) is 2.11. The average Bonchev–Trinajstić information content (AvgIpc) is 2.33. The van der Waals surface area contributed by atoms with Crippen molar-refractivity contribution in [2.45, 2.75) is 6.92 Å². The summed E-state index contributed by atoms with van der Waals surface area (Å²) in [5.41, 5.74) is 0. The van der Waals surface area contributed by atoms with Crippen molar-refractivity contribution in [2.75, 3.05) is 6.61 Å². The van der Waals surface area contributed by atoms with Gasteiger partial charge in [0.25, 0.3) is 0 Å². The molecule has 0 saturated heterocycles. The lowest BCUT2D eigenvalue weighted by Gasteiger charge is -1.97. The van der Waals surface area contributed by atoms with Crippen molar-refractivity contribution in [3.05, 3.63) is 4.77 Å². The number of ether oxygens (including phenoxy) is 1. The second-order valence-corrected chi connectivity index (χ2v) is 2.47. The summed E-state index contributed by atoms with van der Waals surface area (Å²) in [5, 5.41) is 3.80. The maximum absolute atomic E-state index is 10.4. The van der Waals surface area contributed by atoms with Crippen molar-refractivity contribution < 1.29 is 9.53 Å². The van der Waals surface area contributed by atoms with E-state index in [1.165, 1.54) is 4.57 Å². The number of carbonyl (C=O) groups excluding carboxylic acids is 1. The van der Waals surface area contributed by atoms with Gasteiger partial charge in [0, 0.05) is 7.05 Å². The van der Waals surface area contributed by atoms with Crippen LogP contribution in [0.15, 0.2) is 0 Å². The van der Waals surface area contributed by atoms with Gasteiger partial charge >= 0.3 is 6.01 Å². The van der Waals surface area contributed by atoms with Crippen molar-refractivity contribution in [3.8, 4) is 6.01 Å². The standard InChI is InChI=1S/C6H9N3O2S/c1-3-11-5-7-9(4-10)6(12)8(5)2/h4H,3H2,1-2H3. The molecule has 66 valence electrons. The summed E-state index contributed by atoms with van der Waals surface area (Å²) in [6, 6.07) is 0.356. The van der Waals surface area contributed by atoms with Crippen molar-refractivity contribution in [3.63, 3.8) is 0 Å². The summed E-state index contributed by atoms with van der Waals surface area (Å²) in [5.74, 6) is 0. The normalized spacial score (nSPS) is 9.83. The van der Waals surface area contributed by atoms with Gasteiger partial charge in [0.1, 0.15) is 0 Å². The van der Waals surface area contributed by atoms with Crippen LogP contribution in [-0.4, -0.2) is 27.4 Å². The Labute approximate surface area is 74.6 Å². The molecule has 0 N–H and O–H groups in total. The van der Waals surface area contributed by atoms with Gasteiger partial charge in [0.15, 0.2) is 0 Å². The lowest BCUT2D eigenvalue weighted by molar-refractivity contribution is 0.300. The first-order chi connectivity index (χ1) is 5.70. The number of rotatable bonds is 3. The molecule has 0 amide bonds. The Bertz CT molecular complexity index is 341. The summed E-state index contributed by atoms with van der Waals surface area (Å²) >= 11 is 4.88. The Kier molecular flexibility index (Phi) is 2.59. The van der Waals surface area contributed by atoms with Gasteiger partial charge in [0.2, 0.25) is 11.2 Å². The SMILES string of the molecule is CCOc1nn(C=O)c(=S)n1C. The van der Waals surface area contributed by atoms with Crippen LogP contribution >= 0.6 is 12.2 Å². The molecule has 1 heterocycles. The first kappa shape index (κ1) is 8.92. The largest absolute Gasteiger partial charge is 0.464 e. The average molecular weight is 187 g/mol. The van der Waals surface area contributed by atoms with Gasteiger partial charge in [-0.05, 0) is 19.1 Å². The Hall–Kier alpha value is -1.17. The van der Waals surface area contributed by atoms with Gasteiger partial charge in [0.05, 0.1) is 6.61 Å². The molecule has 0 atom stereocenters. The summed E-state index contributed by atoms with van der Waals surface area (Å²) in [6.45, 7) is 2.33. The maximum Gasteiger partial charge on any atom is 0.316 e. The molecule has 0 aliphatic rings. The third-order valence-electron chi connectivity index (χ3n) is 1.34. The number of hydrogen-bond acceptors (Lipinski definition) is 4. The molecule has 5 nitrogen and oxygen atoms in total. The van der Waals surface area contributed by atoms with E-state index in [9.17, 15) is 4.79 Å². The van der Waals surface area contributed by atoms with Crippen LogP contribution in [0, 0.1) is 4.77 Å². The van der Waals surface area contributed by atoms with Gasteiger partial charge in [-0.1, -0.05) is 0 Å².